The maximum absolute atomic E-state index is 5.40. The number of benzene rings is 1. The molecule has 1 aliphatic rings. The molecule has 1 aromatic heterocycles. The first-order valence-electron chi connectivity index (χ1n) is 6.00. The van der Waals surface area contributed by atoms with Crippen LogP contribution in [-0.2, 0) is 4.74 Å². The number of anilines is 1. The van der Waals surface area contributed by atoms with Gasteiger partial charge in [0.15, 0.2) is 3.83 Å². The summed E-state index contributed by atoms with van der Waals surface area (Å²) in [5.74, 6) is 1.04. The van der Waals surface area contributed by atoms with E-state index in [0.717, 1.165) is 46.9 Å². The number of fused-ring (bicyclic) bond motifs is 1. The molecule has 92 valence electrons. The van der Waals surface area contributed by atoms with E-state index in [0.29, 0.717) is 0 Å². The fraction of sp³-hybridized carbons (Fsp3) is 0.333. The number of rotatable bonds is 1. The standard InChI is InChI=1S/C12H13BIN3O/c13-8-1-2-10-9(7-8)11(16-12(14)15-10)17-3-5-18-6-4-17/h1-2,7H,3-6,13H2. The molecule has 3 rings (SSSR count). The van der Waals surface area contributed by atoms with Crippen LogP contribution in [0.5, 0.6) is 0 Å². The number of hydrogen-bond acceptors (Lipinski definition) is 4. The summed E-state index contributed by atoms with van der Waals surface area (Å²) in [7, 11) is 2.10. The normalized spacial score (nSPS) is 16.2. The van der Waals surface area contributed by atoms with Gasteiger partial charge in [-0.3, -0.25) is 0 Å². The lowest BCUT2D eigenvalue weighted by molar-refractivity contribution is 0.122. The number of morpholine rings is 1. The molecule has 0 amide bonds. The Morgan fingerprint density at radius 3 is 2.78 bits per heavy atom. The first kappa shape index (κ1) is 12.2. The Morgan fingerprint density at radius 2 is 2.00 bits per heavy atom. The highest BCUT2D eigenvalue weighted by atomic mass is 127. The Hall–Kier alpha value is -0.885. The molecule has 0 bridgehead atoms. The molecule has 0 N–H and O–H groups in total. The second-order valence-corrected chi connectivity index (χ2v) is 5.40. The molecule has 0 spiro atoms. The molecule has 1 aromatic carbocycles. The molecule has 4 nitrogen and oxygen atoms in total. The minimum Gasteiger partial charge on any atom is -0.378 e. The van der Waals surface area contributed by atoms with Crippen LogP contribution in [0.25, 0.3) is 10.9 Å². The van der Waals surface area contributed by atoms with Gasteiger partial charge in [-0.25, -0.2) is 9.97 Å². The van der Waals surface area contributed by atoms with E-state index in [-0.39, 0.29) is 0 Å². The topological polar surface area (TPSA) is 38.2 Å². The molecule has 2 heterocycles. The zero-order valence-electron chi connectivity index (χ0n) is 10.2. The molecular weight excluding hydrogens is 340 g/mol. The highest BCUT2D eigenvalue weighted by Crippen LogP contribution is 2.24. The quantitative estimate of drug-likeness (QED) is 0.421. The second-order valence-electron chi connectivity index (χ2n) is 4.44. The third-order valence-electron chi connectivity index (χ3n) is 3.11. The summed E-state index contributed by atoms with van der Waals surface area (Å²) < 4.78 is 6.20. The monoisotopic (exact) mass is 353 g/mol. The van der Waals surface area contributed by atoms with Gasteiger partial charge >= 0.3 is 0 Å². The lowest BCUT2D eigenvalue weighted by Crippen LogP contribution is -2.37. The molecule has 6 heteroatoms. The van der Waals surface area contributed by atoms with E-state index in [2.05, 4.69) is 63.5 Å². The zero-order valence-corrected chi connectivity index (χ0v) is 12.3. The zero-order chi connectivity index (χ0) is 12.5. The molecule has 0 atom stereocenters. The van der Waals surface area contributed by atoms with E-state index in [4.69, 9.17) is 4.74 Å². The molecule has 1 fully saturated rings. The van der Waals surface area contributed by atoms with Gasteiger partial charge in [0.05, 0.1) is 18.7 Å². The lowest BCUT2D eigenvalue weighted by Gasteiger charge is -2.28. The first-order chi connectivity index (χ1) is 8.74. The summed E-state index contributed by atoms with van der Waals surface area (Å²) in [6.45, 7) is 3.34. The lowest BCUT2D eigenvalue weighted by atomic mass is 9.95. The average molecular weight is 353 g/mol. The molecule has 0 saturated carbocycles. The van der Waals surface area contributed by atoms with Crippen molar-refractivity contribution in [3.63, 3.8) is 0 Å². The maximum atomic E-state index is 5.40. The van der Waals surface area contributed by atoms with E-state index in [1.54, 1.807) is 0 Å². The highest BCUT2D eigenvalue weighted by molar-refractivity contribution is 14.1. The summed E-state index contributed by atoms with van der Waals surface area (Å²) in [5.41, 5.74) is 2.25. The van der Waals surface area contributed by atoms with Crippen LogP contribution in [0.4, 0.5) is 5.82 Å². The van der Waals surface area contributed by atoms with Gasteiger partial charge in [0.1, 0.15) is 13.7 Å². The van der Waals surface area contributed by atoms with Gasteiger partial charge in [-0.2, -0.15) is 0 Å². The fourth-order valence-electron chi connectivity index (χ4n) is 2.21. The average Bonchev–Trinajstić information content (AvgIpc) is 2.39. The van der Waals surface area contributed by atoms with Crippen LogP contribution >= 0.6 is 22.6 Å². The van der Waals surface area contributed by atoms with E-state index < -0.39 is 0 Å². The Balaban J connectivity index is 2.16. The molecular formula is C12H13BIN3O. The number of ether oxygens (including phenoxy) is 1. The van der Waals surface area contributed by atoms with Crippen LogP contribution < -0.4 is 10.4 Å². The van der Waals surface area contributed by atoms with E-state index >= 15 is 0 Å². The van der Waals surface area contributed by atoms with Crippen molar-refractivity contribution in [2.45, 2.75) is 0 Å². The first-order valence-corrected chi connectivity index (χ1v) is 7.08. The van der Waals surface area contributed by atoms with Gasteiger partial charge in [0.25, 0.3) is 0 Å². The SMILES string of the molecule is Bc1ccc2nc(I)nc(N3CCOCC3)c2c1. The maximum Gasteiger partial charge on any atom is 0.193 e. The molecule has 0 radical (unpaired) electrons. The Bertz CT molecular complexity index is 587. The third kappa shape index (κ3) is 2.31. The van der Waals surface area contributed by atoms with Crippen molar-refractivity contribution in [3.8, 4) is 0 Å². The van der Waals surface area contributed by atoms with Crippen molar-refractivity contribution >= 4 is 52.6 Å². The minimum absolute atomic E-state index is 0.772. The minimum atomic E-state index is 0.772. The molecule has 0 aliphatic carbocycles. The molecule has 0 unspecified atom stereocenters. The van der Waals surface area contributed by atoms with Crippen molar-refractivity contribution in [2.75, 3.05) is 31.2 Å². The number of aromatic nitrogens is 2. The molecule has 1 saturated heterocycles. The Morgan fingerprint density at radius 1 is 1.22 bits per heavy atom. The predicted molar refractivity (Wildman–Crippen MR) is 83.5 cm³/mol. The summed E-state index contributed by atoms with van der Waals surface area (Å²) in [6.07, 6.45) is 0. The van der Waals surface area contributed by atoms with Gasteiger partial charge in [-0.15, -0.1) is 0 Å². The number of hydrogen-bond donors (Lipinski definition) is 0. The summed E-state index contributed by atoms with van der Waals surface area (Å²) in [5, 5.41) is 1.14. The molecule has 18 heavy (non-hydrogen) atoms. The van der Waals surface area contributed by atoms with Gasteiger partial charge in [-0.05, 0) is 6.07 Å². The largest absolute Gasteiger partial charge is 0.378 e. The summed E-state index contributed by atoms with van der Waals surface area (Å²) in [4.78, 5) is 11.4. The van der Waals surface area contributed by atoms with E-state index in [1.807, 2.05) is 0 Å². The Labute approximate surface area is 120 Å². The molecule has 2 aromatic rings. The van der Waals surface area contributed by atoms with E-state index in [1.165, 1.54) is 5.46 Å². The van der Waals surface area contributed by atoms with Gasteiger partial charge in [-0.1, -0.05) is 17.6 Å². The number of nitrogens with zero attached hydrogens (tertiary/aromatic N) is 3. The van der Waals surface area contributed by atoms with Crippen molar-refractivity contribution in [2.24, 2.45) is 0 Å². The third-order valence-corrected chi connectivity index (χ3v) is 3.60. The summed E-state index contributed by atoms with van der Waals surface area (Å²) >= 11 is 2.18. The van der Waals surface area contributed by atoms with Crippen molar-refractivity contribution < 1.29 is 4.74 Å². The van der Waals surface area contributed by atoms with Crippen LogP contribution in [0.15, 0.2) is 18.2 Å². The molecule has 1 aliphatic heterocycles. The second kappa shape index (κ2) is 5.01. The van der Waals surface area contributed by atoms with Crippen LogP contribution in [-0.4, -0.2) is 44.1 Å². The highest BCUT2D eigenvalue weighted by Gasteiger charge is 2.16. The van der Waals surface area contributed by atoms with Crippen molar-refractivity contribution in [1.29, 1.82) is 0 Å². The van der Waals surface area contributed by atoms with Crippen molar-refractivity contribution in [1.82, 2.24) is 9.97 Å². The predicted octanol–water partition coefficient (Wildman–Crippen LogP) is 0.329. The van der Waals surface area contributed by atoms with Gasteiger partial charge in [0.2, 0.25) is 0 Å². The number of halogens is 1. The summed E-state index contributed by atoms with van der Waals surface area (Å²) in [6, 6.07) is 6.32. The van der Waals surface area contributed by atoms with Gasteiger partial charge < -0.3 is 9.64 Å². The smallest absolute Gasteiger partial charge is 0.193 e. The van der Waals surface area contributed by atoms with Crippen LogP contribution in [0.2, 0.25) is 0 Å². The van der Waals surface area contributed by atoms with Crippen LogP contribution in [0.1, 0.15) is 0 Å². The van der Waals surface area contributed by atoms with Crippen LogP contribution in [0.3, 0.4) is 0 Å². The fourth-order valence-corrected chi connectivity index (χ4v) is 2.70. The Kier molecular flexibility index (Phi) is 3.38. The van der Waals surface area contributed by atoms with Crippen LogP contribution in [0, 0.1) is 3.83 Å². The van der Waals surface area contributed by atoms with E-state index in [9.17, 15) is 0 Å². The van der Waals surface area contributed by atoms with Gasteiger partial charge in [0, 0.05) is 41.1 Å². The van der Waals surface area contributed by atoms with Crippen molar-refractivity contribution in [3.05, 3.63) is 22.0 Å².